The van der Waals surface area contributed by atoms with Gasteiger partial charge in [0, 0.05) is 61.9 Å². The van der Waals surface area contributed by atoms with Crippen LogP contribution < -0.4 is 20.7 Å². The fraction of sp³-hybridized carbons (Fsp3) is 0.472. The number of amides is 2. The van der Waals surface area contributed by atoms with Crippen LogP contribution in [-0.4, -0.2) is 75.6 Å². The van der Waals surface area contributed by atoms with E-state index in [0.29, 0.717) is 35.6 Å². The number of nitrogens with zero attached hydrogens (tertiary/aromatic N) is 6. The standard InChI is InChI=1S/C36H44N8O3/c1-25-21-26-22-30(39-25)28-24-38-13-7-32(28)47-20-4-2-3-14-44-31-23-27(5-6-29(31)40-35(44)41-34(26)46)43-18-11-36(12-19-43)9-16-42(17-10-36)15-8-33(37)45/h5-7,13,21-24H,2-4,8-12,14-20H2,1H3,(H2,37,45)(H,40,41,46). The first-order valence-corrected chi connectivity index (χ1v) is 17.0. The molecular formula is C36H44N8O3. The van der Waals surface area contributed by atoms with E-state index in [1.807, 2.05) is 13.0 Å². The second-order valence-corrected chi connectivity index (χ2v) is 13.4. The summed E-state index contributed by atoms with van der Waals surface area (Å²) in [5.74, 6) is 0.840. The largest absolute Gasteiger partial charge is 0.493 e. The highest BCUT2D eigenvalue weighted by molar-refractivity contribution is 6.05. The lowest BCUT2D eigenvalue weighted by Crippen LogP contribution is -2.47. The maximum absolute atomic E-state index is 13.7. The molecule has 11 heteroatoms. The molecule has 0 saturated carbocycles. The zero-order valence-electron chi connectivity index (χ0n) is 27.2. The average molecular weight is 637 g/mol. The molecule has 1 aromatic carbocycles. The normalized spacial score (nSPS) is 18.8. The number of carbonyl (C=O) groups is 2. The number of piperidine rings is 2. The molecule has 0 aliphatic carbocycles. The van der Waals surface area contributed by atoms with Crippen LogP contribution in [0.15, 0.2) is 48.8 Å². The van der Waals surface area contributed by atoms with Crippen LogP contribution in [0.25, 0.3) is 22.3 Å². The topological polar surface area (TPSA) is 132 Å². The molecule has 2 saturated heterocycles. The van der Waals surface area contributed by atoms with E-state index in [-0.39, 0.29) is 11.8 Å². The number of pyridine rings is 2. The van der Waals surface area contributed by atoms with Gasteiger partial charge in [-0.2, -0.15) is 0 Å². The van der Waals surface area contributed by atoms with Crippen molar-refractivity contribution in [1.82, 2.24) is 24.4 Å². The number of rotatable bonds is 4. The molecule has 0 atom stereocenters. The van der Waals surface area contributed by atoms with Crippen molar-refractivity contribution in [3.63, 3.8) is 0 Å². The second-order valence-electron chi connectivity index (χ2n) is 13.4. The molecule has 2 bridgehead atoms. The van der Waals surface area contributed by atoms with Crippen molar-refractivity contribution in [2.24, 2.45) is 11.1 Å². The van der Waals surface area contributed by atoms with E-state index in [9.17, 15) is 9.59 Å². The Morgan fingerprint density at radius 3 is 2.60 bits per heavy atom. The van der Waals surface area contributed by atoms with Crippen LogP contribution in [0.2, 0.25) is 0 Å². The average Bonchev–Trinajstić information content (AvgIpc) is 3.41. The Bertz CT molecular complexity index is 1770. The molecule has 11 nitrogen and oxygen atoms in total. The van der Waals surface area contributed by atoms with Gasteiger partial charge < -0.3 is 24.8 Å². The Hall–Kier alpha value is -4.51. The van der Waals surface area contributed by atoms with E-state index in [1.54, 1.807) is 24.5 Å². The van der Waals surface area contributed by atoms with Gasteiger partial charge in [-0.1, -0.05) is 0 Å². The van der Waals surface area contributed by atoms with Gasteiger partial charge in [0.25, 0.3) is 5.91 Å². The monoisotopic (exact) mass is 636 g/mol. The minimum absolute atomic E-state index is 0.219. The minimum Gasteiger partial charge on any atom is -0.493 e. The lowest BCUT2D eigenvalue weighted by atomic mass is 9.71. The van der Waals surface area contributed by atoms with Gasteiger partial charge >= 0.3 is 0 Å². The molecular weight excluding hydrogens is 592 g/mol. The highest BCUT2D eigenvalue weighted by Gasteiger charge is 2.37. The van der Waals surface area contributed by atoms with Crippen LogP contribution in [-0.2, 0) is 11.3 Å². The molecule has 2 fully saturated rings. The molecule has 47 heavy (non-hydrogen) atoms. The van der Waals surface area contributed by atoms with Crippen molar-refractivity contribution in [1.29, 1.82) is 0 Å². The summed E-state index contributed by atoms with van der Waals surface area (Å²) < 4.78 is 8.34. The number of anilines is 2. The number of fused-ring (bicyclic) bond motifs is 7. The molecule has 3 N–H and O–H groups in total. The Balaban J connectivity index is 1.11. The number of hydrogen-bond acceptors (Lipinski definition) is 8. The van der Waals surface area contributed by atoms with E-state index in [0.717, 1.165) is 86.6 Å². The second kappa shape index (κ2) is 13.3. The van der Waals surface area contributed by atoms with Crippen LogP contribution in [0.1, 0.15) is 67.4 Å². The van der Waals surface area contributed by atoms with Crippen molar-refractivity contribution in [3.05, 3.63) is 60.0 Å². The number of nitrogens with two attached hydrogens (primary N) is 1. The van der Waals surface area contributed by atoms with Gasteiger partial charge in [-0.15, -0.1) is 0 Å². The summed E-state index contributed by atoms with van der Waals surface area (Å²) in [6.07, 6.45) is 11.4. The molecule has 0 radical (unpaired) electrons. The fourth-order valence-corrected chi connectivity index (χ4v) is 7.43. The first-order chi connectivity index (χ1) is 22.9. The first-order valence-electron chi connectivity index (χ1n) is 17.0. The molecule has 3 aromatic heterocycles. The number of carbonyl (C=O) groups excluding carboxylic acids is 2. The molecule has 4 aromatic rings. The third kappa shape index (κ3) is 6.81. The van der Waals surface area contributed by atoms with Crippen LogP contribution in [0.3, 0.4) is 0 Å². The minimum atomic E-state index is -0.225. The van der Waals surface area contributed by atoms with Crippen LogP contribution >= 0.6 is 0 Å². The van der Waals surface area contributed by atoms with Crippen LogP contribution in [0.4, 0.5) is 11.6 Å². The van der Waals surface area contributed by atoms with Crippen LogP contribution in [0, 0.1) is 12.3 Å². The maximum atomic E-state index is 13.7. The van der Waals surface area contributed by atoms with Crippen molar-refractivity contribution in [3.8, 4) is 17.0 Å². The quantitative estimate of drug-likeness (QED) is 0.314. The number of benzene rings is 1. The van der Waals surface area contributed by atoms with Gasteiger partial charge in [-0.05, 0) is 107 Å². The summed E-state index contributed by atoms with van der Waals surface area (Å²) in [5.41, 5.74) is 11.5. The Kier molecular flexibility index (Phi) is 8.81. The first kappa shape index (κ1) is 31.1. The van der Waals surface area contributed by atoms with Gasteiger partial charge in [0.1, 0.15) is 5.75 Å². The molecule has 7 rings (SSSR count). The van der Waals surface area contributed by atoms with Crippen molar-refractivity contribution in [2.75, 3.05) is 49.5 Å². The SMILES string of the molecule is Cc1cc2cc(n1)-c1cnccc1OCCCCCn1c(nc3ccc(N4CCC5(CCN(CCC(N)=O)CC5)CC4)cc31)NC2=O. The number of primary amides is 1. The fourth-order valence-electron chi connectivity index (χ4n) is 7.43. The van der Waals surface area contributed by atoms with Crippen molar-refractivity contribution in [2.45, 2.75) is 64.8 Å². The number of likely N-dealkylation sites (tertiary alicyclic amines) is 1. The zero-order chi connectivity index (χ0) is 32.4. The van der Waals surface area contributed by atoms with Gasteiger partial charge in [0.15, 0.2) is 0 Å². The summed E-state index contributed by atoms with van der Waals surface area (Å²) in [5, 5.41) is 3.13. The molecule has 3 aliphatic heterocycles. The summed E-state index contributed by atoms with van der Waals surface area (Å²) in [7, 11) is 0. The lowest BCUT2D eigenvalue weighted by Gasteiger charge is -2.47. The number of aryl methyl sites for hydroxylation is 2. The molecule has 246 valence electrons. The van der Waals surface area contributed by atoms with Gasteiger partial charge in [0.05, 0.1) is 28.9 Å². The van der Waals surface area contributed by atoms with Crippen molar-refractivity contribution < 1.29 is 14.3 Å². The van der Waals surface area contributed by atoms with Crippen LogP contribution in [0.5, 0.6) is 5.75 Å². The van der Waals surface area contributed by atoms with E-state index in [2.05, 4.69) is 42.9 Å². The zero-order valence-corrected chi connectivity index (χ0v) is 27.2. The molecule has 3 aliphatic rings. The van der Waals surface area contributed by atoms with Crippen molar-refractivity contribution >= 4 is 34.5 Å². The summed E-state index contributed by atoms with van der Waals surface area (Å²) >= 11 is 0. The Labute approximate surface area is 275 Å². The smallest absolute Gasteiger partial charge is 0.258 e. The number of aromatic nitrogens is 4. The highest BCUT2D eigenvalue weighted by atomic mass is 16.5. The third-order valence-electron chi connectivity index (χ3n) is 10.3. The highest BCUT2D eigenvalue weighted by Crippen LogP contribution is 2.42. The van der Waals surface area contributed by atoms with Gasteiger partial charge in [0.2, 0.25) is 11.9 Å². The van der Waals surface area contributed by atoms with E-state index >= 15 is 0 Å². The molecule has 2 amide bonds. The lowest BCUT2D eigenvalue weighted by molar-refractivity contribution is -0.118. The van der Waals surface area contributed by atoms with E-state index < -0.39 is 0 Å². The molecule has 0 unspecified atom stereocenters. The maximum Gasteiger partial charge on any atom is 0.258 e. The van der Waals surface area contributed by atoms with Gasteiger partial charge in [-0.3, -0.25) is 24.9 Å². The third-order valence-corrected chi connectivity index (χ3v) is 10.3. The van der Waals surface area contributed by atoms with E-state index in [1.165, 1.54) is 31.4 Å². The summed E-state index contributed by atoms with van der Waals surface area (Å²) in [6.45, 7) is 8.13. The molecule has 1 spiro atoms. The summed E-state index contributed by atoms with van der Waals surface area (Å²) in [6, 6.07) is 12.0. The molecule has 6 heterocycles. The number of ether oxygens (including phenoxy) is 1. The predicted molar refractivity (Wildman–Crippen MR) is 183 cm³/mol. The van der Waals surface area contributed by atoms with Gasteiger partial charge in [-0.25, -0.2) is 4.98 Å². The Morgan fingerprint density at radius 1 is 0.979 bits per heavy atom. The number of hydrogen-bond donors (Lipinski definition) is 2. The van der Waals surface area contributed by atoms with E-state index in [4.69, 9.17) is 20.4 Å². The number of imidazole rings is 1. The number of nitrogens with one attached hydrogen (secondary N) is 1. The summed E-state index contributed by atoms with van der Waals surface area (Å²) in [4.78, 5) is 43.7. The predicted octanol–water partition coefficient (Wildman–Crippen LogP) is 5.17. The Morgan fingerprint density at radius 2 is 1.79 bits per heavy atom.